The minimum absolute atomic E-state index is 1.12. The first-order chi connectivity index (χ1) is 13.7. The van der Waals surface area contributed by atoms with Crippen LogP contribution in [0, 0.1) is 0 Å². The number of fused-ring (bicyclic) bond motifs is 6. The molecule has 0 radical (unpaired) electrons. The molecular formula is C28H24. The molecular weight excluding hydrogens is 336 g/mol. The fraction of sp³-hybridized carbons (Fsp3) is 0.143. The van der Waals surface area contributed by atoms with Gasteiger partial charge in [0, 0.05) is 0 Å². The molecule has 0 fully saturated rings. The van der Waals surface area contributed by atoms with Crippen molar-refractivity contribution in [2.45, 2.75) is 26.7 Å². The van der Waals surface area contributed by atoms with Gasteiger partial charge in [-0.3, -0.25) is 0 Å². The van der Waals surface area contributed by atoms with Crippen molar-refractivity contribution >= 4 is 33.7 Å². The molecule has 4 aromatic rings. The van der Waals surface area contributed by atoms with E-state index >= 15 is 0 Å². The Morgan fingerprint density at radius 2 is 1.21 bits per heavy atom. The van der Waals surface area contributed by atoms with E-state index in [1.807, 2.05) is 0 Å². The fourth-order valence-electron chi connectivity index (χ4n) is 4.54. The van der Waals surface area contributed by atoms with E-state index in [0.29, 0.717) is 0 Å². The SMILES string of the molecule is CC1=Cc2c(ccc3ccccc23)C1.CC1=Cc2ccc3ccccc3c2C1. The van der Waals surface area contributed by atoms with Gasteiger partial charge in [-0.25, -0.2) is 0 Å². The number of rotatable bonds is 0. The van der Waals surface area contributed by atoms with Crippen LogP contribution in [0.15, 0.2) is 83.9 Å². The van der Waals surface area contributed by atoms with Crippen molar-refractivity contribution in [1.29, 1.82) is 0 Å². The number of benzene rings is 4. The molecule has 0 nitrogen and oxygen atoms in total. The summed E-state index contributed by atoms with van der Waals surface area (Å²) in [6.07, 6.45) is 6.86. The number of hydrogen-bond acceptors (Lipinski definition) is 0. The molecule has 136 valence electrons. The predicted molar refractivity (Wildman–Crippen MR) is 123 cm³/mol. The third kappa shape index (κ3) is 2.96. The zero-order chi connectivity index (χ0) is 19.1. The Morgan fingerprint density at radius 1 is 0.571 bits per heavy atom. The molecule has 0 unspecified atom stereocenters. The maximum absolute atomic E-state index is 2.32. The smallest absolute Gasteiger partial charge is 0.00544 e. The Morgan fingerprint density at radius 3 is 2.04 bits per heavy atom. The summed E-state index contributed by atoms with van der Waals surface area (Å²) in [6.45, 7) is 4.41. The normalized spacial score (nSPS) is 14.2. The van der Waals surface area contributed by atoms with Crippen LogP contribution in [0.1, 0.15) is 36.1 Å². The van der Waals surface area contributed by atoms with Crippen LogP contribution in [-0.4, -0.2) is 0 Å². The van der Waals surface area contributed by atoms with E-state index in [1.54, 1.807) is 0 Å². The van der Waals surface area contributed by atoms with Gasteiger partial charge in [0.1, 0.15) is 0 Å². The molecule has 0 bridgehead atoms. The van der Waals surface area contributed by atoms with E-state index in [2.05, 4.69) is 98.8 Å². The second-order valence-electron chi connectivity index (χ2n) is 8.05. The second-order valence-corrected chi connectivity index (χ2v) is 8.05. The molecule has 0 saturated carbocycles. The van der Waals surface area contributed by atoms with Crippen LogP contribution < -0.4 is 0 Å². The molecule has 0 aliphatic heterocycles. The number of hydrogen-bond donors (Lipinski definition) is 0. The number of allylic oxidation sites excluding steroid dienone is 2. The molecule has 0 N–H and O–H groups in total. The Kier molecular flexibility index (Phi) is 4.13. The van der Waals surface area contributed by atoms with Gasteiger partial charge in [-0.15, -0.1) is 0 Å². The van der Waals surface area contributed by atoms with Crippen LogP contribution in [0.2, 0.25) is 0 Å². The largest absolute Gasteiger partial charge is 0.0683 e. The Labute approximate surface area is 166 Å². The topological polar surface area (TPSA) is 0 Å². The molecule has 0 spiro atoms. The first-order valence-electron chi connectivity index (χ1n) is 10.0. The van der Waals surface area contributed by atoms with Crippen molar-refractivity contribution in [3.8, 4) is 0 Å². The molecule has 0 heterocycles. The van der Waals surface area contributed by atoms with Gasteiger partial charge in [0.2, 0.25) is 0 Å². The maximum atomic E-state index is 2.32. The quantitative estimate of drug-likeness (QED) is 0.303. The van der Waals surface area contributed by atoms with Crippen LogP contribution >= 0.6 is 0 Å². The second kappa shape index (κ2) is 6.80. The third-order valence-electron chi connectivity index (χ3n) is 5.86. The van der Waals surface area contributed by atoms with Gasteiger partial charge in [0.25, 0.3) is 0 Å². The minimum Gasteiger partial charge on any atom is -0.0683 e. The first-order valence-corrected chi connectivity index (χ1v) is 10.0. The van der Waals surface area contributed by atoms with Crippen molar-refractivity contribution in [1.82, 2.24) is 0 Å². The van der Waals surface area contributed by atoms with Crippen LogP contribution in [-0.2, 0) is 12.8 Å². The molecule has 6 rings (SSSR count). The summed E-state index contributed by atoms with van der Waals surface area (Å²) in [4.78, 5) is 0. The summed E-state index contributed by atoms with van der Waals surface area (Å²) in [7, 11) is 0. The lowest BCUT2D eigenvalue weighted by molar-refractivity contribution is 1.20. The third-order valence-corrected chi connectivity index (χ3v) is 5.86. The van der Waals surface area contributed by atoms with Crippen molar-refractivity contribution in [3.05, 3.63) is 106 Å². The summed E-state index contributed by atoms with van der Waals surface area (Å²) in [5.41, 5.74) is 8.75. The Bertz CT molecular complexity index is 1270. The highest BCUT2D eigenvalue weighted by molar-refractivity contribution is 5.94. The van der Waals surface area contributed by atoms with Crippen molar-refractivity contribution in [3.63, 3.8) is 0 Å². The Hall–Kier alpha value is -3.12. The lowest BCUT2D eigenvalue weighted by atomic mass is 10.0. The molecule has 0 heteroatoms. The van der Waals surface area contributed by atoms with Crippen LogP contribution in [0.25, 0.3) is 33.7 Å². The van der Waals surface area contributed by atoms with Gasteiger partial charge in [-0.1, -0.05) is 96.1 Å². The summed E-state index contributed by atoms with van der Waals surface area (Å²) < 4.78 is 0. The van der Waals surface area contributed by atoms with Crippen LogP contribution in [0.4, 0.5) is 0 Å². The molecule has 0 aromatic heterocycles. The predicted octanol–water partition coefficient (Wildman–Crippen LogP) is 7.60. The summed E-state index contributed by atoms with van der Waals surface area (Å²) in [6, 6.07) is 26.2. The van der Waals surface area contributed by atoms with Crippen LogP contribution in [0.3, 0.4) is 0 Å². The summed E-state index contributed by atoms with van der Waals surface area (Å²) in [5.74, 6) is 0. The van der Waals surface area contributed by atoms with E-state index in [0.717, 1.165) is 12.8 Å². The fourth-order valence-corrected chi connectivity index (χ4v) is 4.54. The molecule has 0 atom stereocenters. The zero-order valence-electron chi connectivity index (χ0n) is 16.5. The van der Waals surface area contributed by atoms with Gasteiger partial charge in [-0.2, -0.15) is 0 Å². The first kappa shape index (κ1) is 17.0. The van der Waals surface area contributed by atoms with Gasteiger partial charge in [0.05, 0.1) is 0 Å². The maximum Gasteiger partial charge on any atom is -0.00544 e. The van der Waals surface area contributed by atoms with Gasteiger partial charge >= 0.3 is 0 Å². The summed E-state index contributed by atoms with van der Waals surface area (Å²) >= 11 is 0. The highest BCUT2D eigenvalue weighted by atomic mass is 14.2. The zero-order valence-corrected chi connectivity index (χ0v) is 16.5. The molecule has 4 aromatic carbocycles. The molecule has 0 saturated heterocycles. The van der Waals surface area contributed by atoms with Gasteiger partial charge in [0.15, 0.2) is 0 Å². The monoisotopic (exact) mass is 360 g/mol. The molecule has 0 amide bonds. The van der Waals surface area contributed by atoms with Crippen molar-refractivity contribution in [2.75, 3.05) is 0 Å². The van der Waals surface area contributed by atoms with Crippen LogP contribution in [0.5, 0.6) is 0 Å². The Balaban J connectivity index is 0.000000122. The minimum atomic E-state index is 1.12. The van der Waals surface area contributed by atoms with E-state index in [9.17, 15) is 0 Å². The van der Waals surface area contributed by atoms with E-state index in [-0.39, 0.29) is 0 Å². The van der Waals surface area contributed by atoms with Crippen molar-refractivity contribution in [2.24, 2.45) is 0 Å². The van der Waals surface area contributed by atoms with E-state index in [4.69, 9.17) is 0 Å². The average molecular weight is 361 g/mol. The molecule has 2 aliphatic rings. The standard InChI is InChI=1S/2C14H12/c2*1-10-8-12-7-6-11-4-2-3-5-13(11)14(12)9-10/h2-7,9H,8H2,1H3;2-8H,9H2,1H3. The lowest BCUT2D eigenvalue weighted by Gasteiger charge is -2.04. The average Bonchev–Trinajstić information content (AvgIpc) is 3.30. The molecule has 2 aliphatic carbocycles. The lowest BCUT2D eigenvalue weighted by Crippen LogP contribution is -1.85. The van der Waals surface area contributed by atoms with Gasteiger partial charge in [-0.05, 0) is 70.5 Å². The molecule has 28 heavy (non-hydrogen) atoms. The van der Waals surface area contributed by atoms with Gasteiger partial charge < -0.3 is 0 Å². The van der Waals surface area contributed by atoms with E-state index < -0.39 is 0 Å². The van der Waals surface area contributed by atoms with Crippen molar-refractivity contribution < 1.29 is 0 Å². The van der Waals surface area contributed by atoms with E-state index in [1.165, 1.54) is 54.9 Å². The highest BCUT2D eigenvalue weighted by Crippen LogP contribution is 2.32. The highest BCUT2D eigenvalue weighted by Gasteiger charge is 2.12. The summed E-state index contributed by atoms with van der Waals surface area (Å²) in [5, 5.41) is 5.51.